The second-order valence-electron chi connectivity index (χ2n) is 5.61. The fourth-order valence-corrected chi connectivity index (χ4v) is 2.24. The molecule has 108 valence electrons. The predicted molar refractivity (Wildman–Crippen MR) is 77.9 cm³/mol. The maximum atomic E-state index is 13.2. The van der Waals surface area contributed by atoms with Gasteiger partial charge in [-0.2, -0.15) is 0 Å². The van der Waals surface area contributed by atoms with Crippen LogP contribution in [0.15, 0.2) is 18.2 Å². The lowest BCUT2D eigenvalue weighted by atomic mass is 9.92. The SMILES string of the molecule is CCNC(CCC(C)(C)OC)c1ccc(F)cc1C. The Bertz CT molecular complexity index is 404. The van der Waals surface area contributed by atoms with Gasteiger partial charge in [0.2, 0.25) is 0 Å². The molecule has 0 aromatic heterocycles. The minimum absolute atomic E-state index is 0.123. The van der Waals surface area contributed by atoms with E-state index < -0.39 is 0 Å². The molecular formula is C16H26FNO. The van der Waals surface area contributed by atoms with Gasteiger partial charge in [-0.1, -0.05) is 13.0 Å². The molecule has 0 aliphatic rings. The van der Waals surface area contributed by atoms with Crippen molar-refractivity contribution in [1.82, 2.24) is 5.32 Å². The summed E-state index contributed by atoms with van der Waals surface area (Å²) in [7, 11) is 1.74. The molecule has 0 fully saturated rings. The topological polar surface area (TPSA) is 21.3 Å². The van der Waals surface area contributed by atoms with Gasteiger partial charge in [-0.25, -0.2) is 4.39 Å². The number of ether oxygens (including phenoxy) is 1. The molecule has 0 heterocycles. The summed E-state index contributed by atoms with van der Waals surface area (Å²) >= 11 is 0. The van der Waals surface area contributed by atoms with Gasteiger partial charge in [-0.3, -0.25) is 0 Å². The van der Waals surface area contributed by atoms with E-state index in [-0.39, 0.29) is 17.5 Å². The lowest BCUT2D eigenvalue weighted by molar-refractivity contribution is 0.0117. The van der Waals surface area contributed by atoms with Gasteiger partial charge in [0.15, 0.2) is 0 Å². The van der Waals surface area contributed by atoms with E-state index >= 15 is 0 Å². The predicted octanol–water partition coefficient (Wildman–Crippen LogP) is 3.99. The maximum absolute atomic E-state index is 13.2. The Morgan fingerprint density at radius 1 is 1.37 bits per heavy atom. The second kappa shape index (κ2) is 7.01. The average Bonchev–Trinajstić information content (AvgIpc) is 2.35. The van der Waals surface area contributed by atoms with Crippen molar-refractivity contribution in [2.75, 3.05) is 13.7 Å². The van der Waals surface area contributed by atoms with Crippen molar-refractivity contribution >= 4 is 0 Å². The van der Waals surface area contributed by atoms with Crippen LogP contribution >= 0.6 is 0 Å². The zero-order valence-electron chi connectivity index (χ0n) is 12.7. The normalized spacial score (nSPS) is 13.6. The quantitative estimate of drug-likeness (QED) is 0.806. The van der Waals surface area contributed by atoms with E-state index in [0.29, 0.717) is 0 Å². The molecule has 3 heteroatoms. The van der Waals surface area contributed by atoms with E-state index in [1.165, 1.54) is 11.6 Å². The fraction of sp³-hybridized carbons (Fsp3) is 0.625. The van der Waals surface area contributed by atoms with Crippen LogP contribution < -0.4 is 5.32 Å². The van der Waals surface area contributed by atoms with Crippen LogP contribution in [0.4, 0.5) is 4.39 Å². The van der Waals surface area contributed by atoms with Gasteiger partial charge in [-0.15, -0.1) is 0 Å². The van der Waals surface area contributed by atoms with Gasteiger partial charge < -0.3 is 10.1 Å². The second-order valence-corrected chi connectivity index (χ2v) is 5.61. The minimum Gasteiger partial charge on any atom is -0.379 e. The first kappa shape index (κ1) is 16.1. The third-order valence-corrected chi connectivity index (χ3v) is 3.65. The van der Waals surface area contributed by atoms with E-state index in [9.17, 15) is 4.39 Å². The van der Waals surface area contributed by atoms with E-state index in [0.717, 1.165) is 24.9 Å². The van der Waals surface area contributed by atoms with E-state index in [1.807, 2.05) is 13.0 Å². The van der Waals surface area contributed by atoms with Crippen LogP contribution in [0, 0.1) is 12.7 Å². The van der Waals surface area contributed by atoms with Crippen LogP contribution in [-0.2, 0) is 4.74 Å². The first-order valence-electron chi connectivity index (χ1n) is 6.94. The fourth-order valence-electron chi connectivity index (χ4n) is 2.24. The van der Waals surface area contributed by atoms with Gasteiger partial charge in [0, 0.05) is 13.2 Å². The monoisotopic (exact) mass is 267 g/mol. The summed E-state index contributed by atoms with van der Waals surface area (Å²) in [6.45, 7) is 9.13. The molecule has 1 aromatic rings. The number of aryl methyl sites for hydroxylation is 1. The Morgan fingerprint density at radius 2 is 2.05 bits per heavy atom. The van der Waals surface area contributed by atoms with Gasteiger partial charge in [0.1, 0.15) is 5.82 Å². The Hall–Kier alpha value is -0.930. The van der Waals surface area contributed by atoms with Crippen molar-refractivity contribution in [3.63, 3.8) is 0 Å². The van der Waals surface area contributed by atoms with Crippen LogP contribution in [-0.4, -0.2) is 19.3 Å². The van der Waals surface area contributed by atoms with Gasteiger partial charge in [0.25, 0.3) is 0 Å². The molecule has 0 bridgehead atoms. The molecule has 19 heavy (non-hydrogen) atoms. The lowest BCUT2D eigenvalue weighted by Crippen LogP contribution is -2.27. The first-order chi connectivity index (χ1) is 8.89. The smallest absolute Gasteiger partial charge is 0.123 e. The van der Waals surface area contributed by atoms with Crippen LogP contribution in [0.2, 0.25) is 0 Å². The maximum Gasteiger partial charge on any atom is 0.123 e. The Morgan fingerprint density at radius 3 is 2.58 bits per heavy atom. The van der Waals surface area contributed by atoms with E-state index in [4.69, 9.17) is 4.74 Å². The zero-order chi connectivity index (χ0) is 14.5. The molecule has 0 amide bonds. The third-order valence-electron chi connectivity index (χ3n) is 3.65. The number of rotatable bonds is 7. The average molecular weight is 267 g/mol. The highest BCUT2D eigenvalue weighted by Gasteiger charge is 2.20. The first-order valence-corrected chi connectivity index (χ1v) is 6.94. The highest BCUT2D eigenvalue weighted by atomic mass is 19.1. The summed E-state index contributed by atoms with van der Waals surface area (Å²) < 4.78 is 18.6. The Kier molecular flexibility index (Phi) is 5.95. The highest BCUT2D eigenvalue weighted by molar-refractivity contribution is 5.29. The van der Waals surface area contributed by atoms with Crippen LogP contribution in [0.3, 0.4) is 0 Å². The number of methoxy groups -OCH3 is 1. The van der Waals surface area contributed by atoms with Gasteiger partial charge >= 0.3 is 0 Å². The summed E-state index contributed by atoms with van der Waals surface area (Å²) in [5.41, 5.74) is 2.05. The molecule has 0 spiro atoms. The van der Waals surface area contributed by atoms with Crippen molar-refractivity contribution < 1.29 is 9.13 Å². The summed E-state index contributed by atoms with van der Waals surface area (Å²) in [5, 5.41) is 3.48. The molecule has 2 nitrogen and oxygen atoms in total. The number of hydrogen-bond acceptors (Lipinski definition) is 2. The molecule has 1 aromatic carbocycles. The molecular weight excluding hydrogens is 241 g/mol. The molecule has 1 rings (SSSR count). The Balaban J connectivity index is 2.82. The summed E-state index contributed by atoms with van der Waals surface area (Å²) in [6.07, 6.45) is 1.93. The number of nitrogens with one attached hydrogen (secondary N) is 1. The summed E-state index contributed by atoms with van der Waals surface area (Å²) in [4.78, 5) is 0. The van der Waals surface area contributed by atoms with Gasteiger partial charge in [-0.05, 0) is 63.4 Å². The summed E-state index contributed by atoms with van der Waals surface area (Å²) in [5.74, 6) is -0.172. The number of benzene rings is 1. The van der Waals surface area contributed by atoms with E-state index in [1.54, 1.807) is 13.2 Å². The summed E-state index contributed by atoms with van der Waals surface area (Å²) in [6, 6.07) is 5.27. The third kappa shape index (κ3) is 4.92. The van der Waals surface area contributed by atoms with Crippen molar-refractivity contribution in [3.05, 3.63) is 35.1 Å². The Labute approximate surface area is 116 Å². The molecule has 0 aliphatic heterocycles. The van der Waals surface area contributed by atoms with Crippen molar-refractivity contribution in [2.45, 2.75) is 52.2 Å². The minimum atomic E-state index is -0.172. The van der Waals surface area contributed by atoms with Crippen LogP contribution in [0.1, 0.15) is 50.8 Å². The number of hydrogen-bond donors (Lipinski definition) is 1. The van der Waals surface area contributed by atoms with E-state index in [2.05, 4.69) is 26.1 Å². The largest absolute Gasteiger partial charge is 0.379 e. The number of halogens is 1. The van der Waals surface area contributed by atoms with Gasteiger partial charge in [0.05, 0.1) is 5.60 Å². The van der Waals surface area contributed by atoms with Crippen molar-refractivity contribution in [3.8, 4) is 0 Å². The lowest BCUT2D eigenvalue weighted by Gasteiger charge is -2.27. The molecule has 0 radical (unpaired) electrons. The molecule has 0 aliphatic carbocycles. The van der Waals surface area contributed by atoms with Crippen molar-refractivity contribution in [2.24, 2.45) is 0 Å². The van der Waals surface area contributed by atoms with Crippen LogP contribution in [0.25, 0.3) is 0 Å². The standard InChI is InChI=1S/C16H26FNO/c1-6-18-15(9-10-16(3,4)19-5)14-8-7-13(17)11-12(14)2/h7-8,11,15,18H,6,9-10H2,1-5H3. The zero-order valence-corrected chi connectivity index (χ0v) is 12.7. The highest BCUT2D eigenvalue weighted by Crippen LogP contribution is 2.26. The molecule has 0 saturated heterocycles. The molecule has 0 saturated carbocycles. The van der Waals surface area contributed by atoms with Crippen molar-refractivity contribution in [1.29, 1.82) is 0 Å². The molecule has 1 unspecified atom stereocenters. The van der Waals surface area contributed by atoms with Crippen LogP contribution in [0.5, 0.6) is 0 Å². The molecule has 1 N–H and O–H groups in total. The molecule has 1 atom stereocenters.